The van der Waals surface area contributed by atoms with E-state index in [0.29, 0.717) is 10.4 Å². The van der Waals surface area contributed by atoms with Gasteiger partial charge in [0.15, 0.2) is 10.4 Å². The molecule has 72 valence electrons. The Labute approximate surface area is 85.2 Å². The third-order valence-corrected chi connectivity index (χ3v) is 1.82. The van der Waals surface area contributed by atoms with Crippen LogP contribution in [0, 0.1) is 0 Å². The minimum Gasteiger partial charge on any atom is -0.446 e. The van der Waals surface area contributed by atoms with Crippen molar-refractivity contribution in [3.63, 3.8) is 0 Å². The molecule has 1 rings (SSSR count). The van der Waals surface area contributed by atoms with E-state index in [9.17, 15) is 4.79 Å². The minimum absolute atomic E-state index is 0.0577. The maximum Gasteiger partial charge on any atom is 0.223 e. The molecule has 0 spiro atoms. The average molecular weight is 247 g/mol. The molecule has 0 radical (unpaired) electrons. The molecule has 1 aromatic heterocycles. The summed E-state index contributed by atoms with van der Waals surface area (Å²) < 4.78 is 10.8. The molecule has 0 saturated carbocycles. The summed E-state index contributed by atoms with van der Waals surface area (Å²) in [6, 6.07) is 3.30. The lowest BCUT2D eigenvalue weighted by molar-refractivity contribution is 0.0561. The standard InChI is InChI=1S/C9H11BrO3/c1-6(2)12-5-7(11)8-3-4-9(10)13-8/h3-4,6H,5H2,1-2H3. The molecule has 1 aromatic rings. The minimum atomic E-state index is -0.139. The van der Waals surface area contributed by atoms with E-state index in [1.165, 1.54) is 0 Å². The molecule has 0 aromatic carbocycles. The van der Waals surface area contributed by atoms with Crippen LogP contribution in [0.2, 0.25) is 0 Å². The van der Waals surface area contributed by atoms with Gasteiger partial charge in [-0.15, -0.1) is 0 Å². The number of hydrogen-bond donors (Lipinski definition) is 0. The number of carbonyl (C=O) groups is 1. The highest BCUT2D eigenvalue weighted by molar-refractivity contribution is 9.10. The summed E-state index contributed by atoms with van der Waals surface area (Å²) in [6.07, 6.45) is 0.0577. The summed E-state index contributed by atoms with van der Waals surface area (Å²) in [5.41, 5.74) is 0. The van der Waals surface area contributed by atoms with Gasteiger partial charge in [0.2, 0.25) is 5.78 Å². The van der Waals surface area contributed by atoms with Gasteiger partial charge in [0.1, 0.15) is 6.61 Å². The van der Waals surface area contributed by atoms with Crippen LogP contribution < -0.4 is 0 Å². The van der Waals surface area contributed by atoms with Crippen molar-refractivity contribution in [1.82, 2.24) is 0 Å². The van der Waals surface area contributed by atoms with Crippen molar-refractivity contribution in [2.75, 3.05) is 6.61 Å². The number of rotatable bonds is 4. The fraction of sp³-hybridized carbons (Fsp3) is 0.444. The van der Waals surface area contributed by atoms with Gasteiger partial charge in [-0.1, -0.05) is 0 Å². The molecule has 0 bridgehead atoms. The average Bonchev–Trinajstić information content (AvgIpc) is 2.47. The molecule has 0 unspecified atom stereocenters. The first kappa shape index (κ1) is 10.5. The number of halogens is 1. The lowest BCUT2D eigenvalue weighted by Crippen LogP contribution is -2.12. The van der Waals surface area contributed by atoms with Crippen molar-refractivity contribution in [3.05, 3.63) is 22.6 Å². The Hall–Kier alpha value is -0.610. The van der Waals surface area contributed by atoms with Crippen LogP contribution in [0.1, 0.15) is 24.4 Å². The smallest absolute Gasteiger partial charge is 0.223 e. The molecule has 0 saturated heterocycles. The SMILES string of the molecule is CC(C)OCC(=O)c1ccc(Br)o1. The van der Waals surface area contributed by atoms with Gasteiger partial charge in [0, 0.05) is 0 Å². The topological polar surface area (TPSA) is 39.4 Å². The lowest BCUT2D eigenvalue weighted by Gasteiger charge is -2.04. The quantitative estimate of drug-likeness (QED) is 0.768. The van der Waals surface area contributed by atoms with Crippen LogP contribution in [-0.4, -0.2) is 18.5 Å². The summed E-state index contributed by atoms with van der Waals surface area (Å²) in [5, 5.41) is 0. The predicted molar refractivity (Wildman–Crippen MR) is 51.8 cm³/mol. The second-order valence-corrected chi connectivity index (χ2v) is 3.67. The van der Waals surface area contributed by atoms with Gasteiger partial charge in [-0.05, 0) is 41.9 Å². The van der Waals surface area contributed by atoms with Gasteiger partial charge in [-0.25, -0.2) is 0 Å². The zero-order valence-corrected chi connectivity index (χ0v) is 9.13. The third-order valence-electron chi connectivity index (χ3n) is 1.40. The Morgan fingerprint density at radius 3 is 2.77 bits per heavy atom. The first-order chi connectivity index (χ1) is 6.09. The maximum atomic E-state index is 11.3. The Morgan fingerprint density at radius 2 is 2.31 bits per heavy atom. The van der Waals surface area contributed by atoms with E-state index < -0.39 is 0 Å². The third kappa shape index (κ3) is 3.32. The van der Waals surface area contributed by atoms with Gasteiger partial charge in [-0.3, -0.25) is 4.79 Å². The fourth-order valence-electron chi connectivity index (χ4n) is 0.778. The van der Waals surface area contributed by atoms with Crippen molar-refractivity contribution in [3.8, 4) is 0 Å². The van der Waals surface area contributed by atoms with E-state index in [1.54, 1.807) is 12.1 Å². The molecule has 13 heavy (non-hydrogen) atoms. The van der Waals surface area contributed by atoms with Gasteiger partial charge in [0.05, 0.1) is 6.10 Å². The fourth-order valence-corrected chi connectivity index (χ4v) is 1.08. The van der Waals surface area contributed by atoms with Crippen LogP contribution in [0.15, 0.2) is 21.2 Å². The zero-order chi connectivity index (χ0) is 9.84. The first-order valence-electron chi connectivity index (χ1n) is 3.99. The highest BCUT2D eigenvalue weighted by atomic mass is 79.9. The molecule has 0 aliphatic rings. The van der Waals surface area contributed by atoms with E-state index in [0.717, 1.165) is 0 Å². The summed E-state index contributed by atoms with van der Waals surface area (Å²) in [5.74, 6) is 0.187. The number of furan rings is 1. The van der Waals surface area contributed by atoms with Gasteiger partial charge in [-0.2, -0.15) is 0 Å². The second kappa shape index (κ2) is 4.58. The number of Topliss-reactive ketones (excluding diaryl/α,β-unsaturated/α-hetero) is 1. The molecule has 0 fully saturated rings. The van der Waals surface area contributed by atoms with Gasteiger partial charge < -0.3 is 9.15 Å². The Bertz CT molecular complexity index is 291. The van der Waals surface area contributed by atoms with Crippen LogP contribution in [0.3, 0.4) is 0 Å². The summed E-state index contributed by atoms with van der Waals surface area (Å²) in [4.78, 5) is 11.3. The Morgan fingerprint density at radius 1 is 1.62 bits per heavy atom. The van der Waals surface area contributed by atoms with Gasteiger partial charge in [0.25, 0.3) is 0 Å². The number of hydrogen-bond acceptors (Lipinski definition) is 3. The predicted octanol–water partition coefficient (Wildman–Crippen LogP) is 2.65. The van der Waals surface area contributed by atoms with Crippen LogP contribution in [0.25, 0.3) is 0 Å². The second-order valence-electron chi connectivity index (χ2n) is 2.89. The highest BCUT2D eigenvalue weighted by Crippen LogP contribution is 2.14. The van der Waals surface area contributed by atoms with Crippen molar-refractivity contribution in [2.24, 2.45) is 0 Å². The Kier molecular flexibility index (Phi) is 3.69. The monoisotopic (exact) mass is 246 g/mol. The van der Waals surface area contributed by atoms with Crippen molar-refractivity contribution in [2.45, 2.75) is 20.0 Å². The summed E-state index contributed by atoms with van der Waals surface area (Å²) in [6.45, 7) is 3.83. The zero-order valence-electron chi connectivity index (χ0n) is 7.54. The van der Waals surface area contributed by atoms with E-state index in [-0.39, 0.29) is 18.5 Å². The van der Waals surface area contributed by atoms with Crippen molar-refractivity contribution in [1.29, 1.82) is 0 Å². The van der Waals surface area contributed by atoms with Crippen LogP contribution in [0.5, 0.6) is 0 Å². The number of carbonyl (C=O) groups excluding carboxylic acids is 1. The molecule has 4 heteroatoms. The van der Waals surface area contributed by atoms with E-state index in [2.05, 4.69) is 15.9 Å². The molecular weight excluding hydrogens is 236 g/mol. The Balaban J connectivity index is 2.49. The van der Waals surface area contributed by atoms with Crippen LogP contribution in [0.4, 0.5) is 0 Å². The molecule has 0 N–H and O–H groups in total. The van der Waals surface area contributed by atoms with Gasteiger partial charge >= 0.3 is 0 Å². The first-order valence-corrected chi connectivity index (χ1v) is 4.79. The van der Waals surface area contributed by atoms with Crippen LogP contribution in [-0.2, 0) is 4.74 Å². The normalized spacial score (nSPS) is 10.8. The molecule has 0 aliphatic heterocycles. The highest BCUT2D eigenvalue weighted by Gasteiger charge is 2.10. The molecular formula is C9H11BrO3. The van der Waals surface area contributed by atoms with Crippen molar-refractivity contribution < 1.29 is 13.9 Å². The number of ether oxygens (including phenoxy) is 1. The molecule has 3 nitrogen and oxygen atoms in total. The molecule has 1 heterocycles. The molecule has 0 aliphatic carbocycles. The van der Waals surface area contributed by atoms with Crippen LogP contribution >= 0.6 is 15.9 Å². The summed E-state index contributed by atoms with van der Waals surface area (Å²) in [7, 11) is 0. The van der Waals surface area contributed by atoms with E-state index in [1.807, 2.05) is 13.8 Å². The number of ketones is 1. The summed E-state index contributed by atoms with van der Waals surface area (Å²) >= 11 is 3.12. The largest absolute Gasteiger partial charge is 0.446 e. The maximum absolute atomic E-state index is 11.3. The van der Waals surface area contributed by atoms with E-state index >= 15 is 0 Å². The molecule has 0 atom stereocenters. The molecule has 0 amide bonds. The van der Waals surface area contributed by atoms with Crippen molar-refractivity contribution >= 4 is 21.7 Å². The van der Waals surface area contributed by atoms with E-state index in [4.69, 9.17) is 9.15 Å². The lowest BCUT2D eigenvalue weighted by atomic mass is 10.3.